The fourth-order valence-electron chi connectivity index (χ4n) is 3.64. The number of carbonyl (C=O) groups is 3. The smallest absolute Gasteiger partial charge is 0.410 e. The molecule has 0 spiro atoms. The molecule has 3 atom stereocenters. The van der Waals surface area contributed by atoms with E-state index in [4.69, 9.17) is 4.74 Å². The van der Waals surface area contributed by atoms with Crippen LogP contribution in [0, 0.1) is 11.8 Å². The topological polar surface area (TPSA) is 66.9 Å². The molecule has 2 amide bonds. The minimum Gasteiger partial charge on any atom is -0.453 e. The van der Waals surface area contributed by atoms with Crippen molar-refractivity contribution < 1.29 is 19.1 Å². The van der Waals surface area contributed by atoms with Crippen LogP contribution in [-0.4, -0.2) is 59.4 Å². The van der Waals surface area contributed by atoms with Crippen LogP contribution in [0.25, 0.3) is 0 Å². The first kappa shape index (κ1) is 16.8. The molecule has 2 aliphatic rings. The van der Waals surface area contributed by atoms with Crippen LogP contribution in [0.2, 0.25) is 0 Å². The first-order chi connectivity index (χ1) is 10.3. The van der Waals surface area contributed by atoms with Crippen molar-refractivity contribution in [1.29, 1.82) is 0 Å². The summed E-state index contributed by atoms with van der Waals surface area (Å²) in [7, 11) is 1.33. The minimum absolute atomic E-state index is 0.0250. The van der Waals surface area contributed by atoms with Crippen molar-refractivity contribution >= 4 is 17.8 Å². The van der Waals surface area contributed by atoms with E-state index in [0.29, 0.717) is 13.0 Å². The van der Waals surface area contributed by atoms with E-state index in [9.17, 15) is 14.4 Å². The maximum atomic E-state index is 12.9. The van der Waals surface area contributed by atoms with Crippen molar-refractivity contribution in [2.75, 3.05) is 13.7 Å². The van der Waals surface area contributed by atoms with Crippen LogP contribution in [-0.2, 0) is 14.3 Å². The summed E-state index contributed by atoms with van der Waals surface area (Å²) in [5, 5.41) is 0. The molecule has 2 heterocycles. The SMILES string of the molecule is COC(=O)N1CC2CCC(C(=O)C(C)C)N2C(=O)C1C(C)C. The number of fused-ring (bicyclic) bond motifs is 1. The van der Waals surface area contributed by atoms with Crippen molar-refractivity contribution in [1.82, 2.24) is 9.80 Å². The van der Waals surface area contributed by atoms with Gasteiger partial charge in [-0.2, -0.15) is 0 Å². The van der Waals surface area contributed by atoms with Gasteiger partial charge in [-0.1, -0.05) is 27.7 Å². The fraction of sp³-hybridized carbons (Fsp3) is 0.812. The standard InChI is InChI=1S/C16H26N2O4/c1-9(2)13-15(20)18-11(8-17(13)16(21)22-5)6-7-12(18)14(19)10(3)4/h9-13H,6-8H2,1-5H3. The van der Waals surface area contributed by atoms with Gasteiger partial charge in [0, 0.05) is 12.5 Å². The van der Waals surface area contributed by atoms with Crippen LogP contribution in [0.15, 0.2) is 0 Å². The Hall–Kier alpha value is -1.59. The zero-order valence-corrected chi connectivity index (χ0v) is 14.0. The summed E-state index contributed by atoms with van der Waals surface area (Å²) in [6.45, 7) is 8.00. The maximum absolute atomic E-state index is 12.9. The Bertz CT molecular complexity index is 475. The lowest BCUT2D eigenvalue weighted by molar-refractivity contribution is -0.151. The van der Waals surface area contributed by atoms with Crippen molar-refractivity contribution in [3.63, 3.8) is 0 Å². The monoisotopic (exact) mass is 310 g/mol. The Balaban J connectivity index is 2.30. The summed E-state index contributed by atoms with van der Waals surface area (Å²) in [5.41, 5.74) is 0. The third-order valence-corrected chi connectivity index (χ3v) is 4.69. The normalized spacial score (nSPS) is 28.3. The van der Waals surface area contributed by atoms with Crippen LogP contribution < -0.4 is 0 Å². The first-order valence-corrected chi connectivity index (χ1v) is 8.00. The van der Waals surface area contributed by atoms with E-state index in [-0.39, 0.29) is 35.6 Å². The van der Waals surface area contributed by atoms with E-state index in [1.807, 2.05) is 27.7 Å². The Morgan fingerprint density at radius 2 is 1.82 bits per heavy atom. The van der Waals surface area contributed by atoms with Gasteiger partial charge < -0.3 is 9.64 Å². The highest BCUT2D eigenvalue weighted by Crippen LogP contribution is 2.34. The molecule has 0 radical (unpaired) electrons. The van der Waals surface area contributed by atoms with Gasteiger partial charge in [0.2, 0.25) is 5.91 Å². The number of hydrogen-bond acceptors (Lipinski definition) is 4. The molecule has 6 heteroatoms. The number of ketones is 1. The molecule has 22 heavy (non-hydrogen) atoms. The third kappa shape index (κ3) is 2.71. The number of methoxy groups -OCH3 is 1. The Morgan fingerprint density at radius 1 is 1.18 bits per heavy atom. The van der Waals surface area contributed by atoms with Gasteiger partial charge in [0.05, 0.1) is 19.2 Å². The predicted octanol–water partition coefficient (Wildman–Crippen LogP) is 1.68. The van der Waals surface area contributed by atoms with E-state index < -0.39 is 12.1 Å². The predicted molar refractivity (Wildman–Crippen MR) is 81.2 cm³/mol. The second-order valence-electron chi connectivity index (χ2n) is 6.86. The van der Waals surface area contributed by atoms with Crippen molar-refractivity contribution in [3.8, 4) is 0 Å². The van der Waals surface area contributed by atoms with Gasteiger partial charge in [0.15, 0.2) is 5.78 Å². The van der Waals surface area contributed by atoms with Crippen LogP contribution in [0.4, 0.5) is 4.79 Å². The van der Waals surface area contributed by atoms with Crippen molar-refractivity contribution in [2.24, 2.45) is 11.8 Å². The van der Waals surface area contributed by atoms with Gasteiger partial charge in [-0.25, -0.2) is 4.79 Å². The van der Waals surface area contributed by atoms with Gasteiger partial charge in [0.25, 0.3) is 0 Å². The highest BCUT2D eigenvalue weighted by atomic mass is 16.5. The summed E-state index contributed by atoms with van der Waals surface area (Å²) in [4.78, 5) is 40.6. The molecule has 2 rings (SSSR count). The number of piperazine rings is 1. The number of amides is 2. The molecule has 2 aliphatic heterocycles. The average Bonchev–Trinajstić information content (AvgIpc) is 2.88. The van der Waals surface area contributed by atoms with Gasteiger partial charge in [-0.3, -0.25) is 14.5 Å². The molecular formula is C16H26N2O4. The second-order valence-corrected chi connectivity index (χ2v) is 6.86. The van der Waals surface area contributed by atoms with Crippen LogP contribution in [0.1, 0.15) is 40.5 Å². The van der Waals surface area contributed by atoms with Crippen molar-refractivity contribution in [3.05, 3.63) is 0 Å². The van der Waals surface area contributed by atoms with E-state index in [0.717, 1.165) is 6.42 Å². The molecule has 0 N–H and O–H groups in total. The van der Waals surface area contributed by atoms with E-state index in [1.165, 1.54) is 12.0 Å². The van der Waals surface area contributed by atoms with Crippen LogP contribution in [0.3, 0.4) is 0 Å². The van der Waals surface area contributed by atoms with Crippen LogP contribution in [0.5, 0.6) is 0 Å². The lowest BCUT2D eigenvalue weighted by atomic mass is 9.95. The maximum Gasteiger partial charge on any atom is 0.410 e. The molecule has 6 nitrogen and oxygen atoms in total. The minimum atomic E-state index is -0.552. The Morgan fingerprint density at radius 3 is 2.32 bits per heavy atom. The molecule has 0 aromatic heterocycles. The molecular weight excluding hydrogens is 284 g/mol. The lowest BCUT2D eigenvalue weighted by Gasteiger charge is -2.45. The van der Waals surface area contributed by atoms with E-state index in [1.54, 1.807) is 4.90 Å². The molecule has 124 valence electrons. The zero-order chi connectivity index (χ0) is 16.6. The molecule has 3 unspecified atom stereocenters. The number of rotatable bonds is 3. The summed E-state index contributed by atoms with van der Waals surface area (Å²) >= 11 is 0. The number of Topliss-reactive ketones (excluding diaryl/α,β-unsaturated/α-hetero) is 1. The molecule has 2 fully saturated rings. The molecule has 0 bridgehead atoms. The number of hydrogen-bond donors (Lipinski definition) is 0. The highest BCUT2D eigenvalue weighted by Gasteiger charge is 2.51. The second kappa shape index (κ2) is 6.26. The lowest BCUT2D eigenvalue weighted by Crippen LogP contribution is -2.65. The largest absolute Gasteiger partial charge is 0.453 e. The summed E-state index contributed by atoms with van der Waals surface area (Å²) in [6, 6.07) is -0.961. The van der Waals surface area contributed by atoms with Crippen LogP contribution >= 0.6 is 0 Å². The fourth-order valence-corrected chi connectivity index (χ4v) is 3.64. The van der Waals surface area contributed by atoms with Gasteiger partial charge in [-0.05, 0) is 18.8 Å². The summed E-state index contributed by atoms with van der Waals surface area (Å²) in [6.07, 6.45) is 0.978. The average molecular weight is 310 g/mol. The quantitative estimate of drug-likeness (QED) is 0.795. The molecule has 0 saturated carbocycles. The van der Waals surface area contributed by atoms with Gasteiger partial charge >= 0.3 is 6.09 Å². The van der Waals surface area contributed by atoms with E-state index in [2.05, 4.69) is 0 Å². The molecule has 0 aromatic carbocycles. The number of ether oxygens (including phenoxy) is 1. The third-order valence-electron chi connectivity index (χ3n) is 4.69. The zero-order valence-electron chi connectivity index (χ0n) is 14.0. The molecule has 2 saturated heterocycles. The van der Waals surface area contributed by atoms with Crippen molar-refractivity contribution in [2.45, 2.75) is 58.7 Å². The Kier molecular flexibility index (Phi) is 4.78. The molecule has 0 aliphatic carbocycles. The highest BCUT2D eigenvalue weighted by molar-refractivity contribution is 5.94. The summed E-state index contributed by atoms with van der Waals surface area (Å²) in [5.74, 6) is -0.117. The molecule has 0 aromatic rings. The summed E-state index contributed by atoms with van der Waals surface area (Å²) < 4.78 is 4.83. The van der Waals surface area contributed by atoms with Gasteiger partial charge in [0.1, 0.15) is 6.04 Å². The Labute approximate surface area is 131 Å². The van der Waals surface area contributed by atoms with E-state index >= 15 is 0 Å². The van der Waals surface area contributed by atoms with Gasteiger partial charge in [-0.15, -0.1) is 0 Å². The first-order valence-electron chi connectivity index (χ1n) is 8.00. The number of carbonyl (C=O) groups excluding carboxylic acids is 3. The number of nitrogens with zero attached hydrogens (tertiary/aromatic N) is 2.